The molecule has 1 aliphatic rings. The van der Waals surface area contributed by atoms with Crippen molar-refractivity contribution >= 4 is 11.9 Å². The number of hydrogen-bond donors (Lipinski definition) is 2. The van der Waals surface area contributed by atoms with Crippen LogP contribution in [0.3, 0.4) is 0 Å². The quantitative estimate of drug-likeness (QED) is 0.818. The molecule has 0 aliphatic heterocycles. The second-order valence-electron chi connectivity index (χ2n) is 4.52. The van der Waals surface area contributed by atoms with Gasteiger partial charge in [-0.2, -0.15) is 13.2 Å². The summed E-state index contributed by atoms with van der Waals surface area (Å²) < 4.78 is 37.2. The zero-order valence-electron chi connectivity index (χ0n) is 9.79. The second-order valence-corrected chi connectivity index (χ2v) is 4.52. The van der Waals surface area contributed by atoms with Crippen molar-refractivity contribution in [3.8, 4) is 0 Å². The number of amides is 1. The molecular formula is C11H16F3NO3. The molecule has 2 N–H and O–H groups in total. The van der Waals surface area contributed by atoms with E-state index in [0.29, 0.717) is 0 Å². The summed E-state index contributed by atoms with van der Waals surface area (Å²) in [7, 11) is 0. The van der Waals surface area contributed by atoms with Gasteiger partial charge in [-0.15, -0.1) is 0 Å². The lowest BCUT2D eigenvalue weighted by molar-refractivity contribution is -0.184. The summed E-state index contributed by atoms with van der Waals surface area (Å²) in [5, 5.41) is 10.8. The van der Waals surface area contributed by atoms with Crippen molar-refractivity contribution in [2.45, 2.75) is 38.3 Å². The minimum absolute atomic E-state index is 0.0212. The Morgan fingerprint density at radius 3 is 2.17 bits per heavy atom. The SMILES string of the molecule is O=C(O)CCNC(=O)C1CCC(C(F)(F)F)CC1. The van der Waals surface area contributed by atoms with Gasteiger partial charge in [-0.1, -0.05) is 0 Å². The number of alkyl halides is 3. The van der Waals surface area contributed by atoms with Crippen LogP contribution in [0.1, 0.15) is 32.1 Å². The van der Waals surface area contributed by atoms with E-state index in [0.717, 1.165) is 0 Å². The van der Waals surface area contributed by atoms with Gasteiger partial charge in [0.05, 0.1) is 12.3 Å². The highest BCUT2D eigenvalue weighted by atomic mass is 19.4. The molecule has 0 heterocycles. The van der Waals surface area contributed by atoms with Gasteiger partial charge in [-0.05, 0) is 25.7 Å². The van der Waals surface area contributed by atoms with Gasteiger partial charge in [-0.25, -0.2) is 0 Å². The molecule has 1 rings (SSSR count). The molecule has 1 fully saturated rings. The first-order valence-electron chi connectivity index (χ1n) is 5.87. The number of nitrogens with one attached hydrogen (secondary N) is 1. The van der Waals surface area contributed by atoms with Crippen LogP contribution in [-0.2, 0) is 9.59 Å². The lowest BCUT2D eigenvalue weighted by Crippen LogP contribution is -2.36. The topological polar surface area (TPSA) is 66.4 Å². The van der Waals surface area contributed by atoms with Crippen LogP contribution in [0.25, 0.3) is 0 Å². The number of carboxylic acids is 1. The predicted octanol–water partition coefficient (Wildman–Crippen LogP) is 1.95. The first-order valence-corrected chi connectivity index (χ1v) is 5.87. The second kappa shape index (κ2) is 6.06. The summed E-state index contributed by atoms with van der Waals surface area (Å²) in [6, 6.07) is 0. The third-order valence-electron chi connectivity index (χ3n) is 3.20. The zero-order chi connectivity index (χ0) is 13.8. The molecule has 1 aliphatic carbocycles. The summed E-state index contributed by atoms with van der Waals surface area (Å²) in [6.07, 6.45) is -3.98. The number of halogens is 3. The number of hydrogen-bond acceptors (Lipinski definition) is 2. The minimum atomic E-state index is -4.18. The van der Waals surface area contributed by atoms with Crippen molar-refractivity contribution in [2.75, 3.05) is 6.54 Å². The van der Waals surface area contributed by atoms with E-state index in [9.17, 15) is 22.8 Å². The lowest BCUT2D eigenvalue weighted by Gasteiger charge is -2.29. The smallest absolute Gasteiger partial charge is 0.391 e. The molecule has 0 aromatic rings. The van der Waals surface area contributed by atoms with Crippen molar-refractivity contribution in [1.82, 2.24) is 5.32 Å². The third-order valence-corrected chi connectivity index (χ3v) is 3.20. The van der Waals surface area contributed by atoms with Gasteiger partial charge >= 0.3 is 12.1 Å². The van der Waals surface area contributed by atoms with E-state index < -0.39 is 24.0 Å². The van der Waals surface area contributed by atoms with Crippen LogP contribution in [-0.4, -0.2) is 29.7 Å². The molecule has 1 saturated carbocycles. The van der Waals surface area contributed by atoms with Crippen molar-refractivity contribution < 1.29 is 27.9 Å². The maximum atomic E-state index is 12.4. The van der Waals surface area contributed by atoms with Crippen LogP contribution in [0.2, 0.25) is 0 Å². The minimum Gasteiger partial charge on any atom is -0.481 e. The number of aliphatic carboxylic acids is 1. The molecule has 4 nitrogen and oxygen atoms in total. The van der Waals surface area contributed by atoms with Crippen molar-refractivity contribution in [3.63, 3.8) is 0 Å². The summed E-state index contributed by atoms with van der Waals surface area (Å²) in [4.78, 5) is 21.8. The Morgan fingerprint density at radius 1 is 1.17 bits per heavy atom. The molecule has 0 atom stereocenters. The largest absolute Gasteiger partial charge is 0.481 e. The average molecular weight is 267 g/mol. The molecule has 18 heavy (non-hydrogen) atoms. The number of carbonyl (C=O) groups excluding carboxylic acids is 1. The first-order chi connectivity index (χ1) is 8.30. The zero-order valence-corrected chi connectivity index (χ0v) is 9.79. The maximum Gasteiger partial charge on any atom is 0.391 e. The monoisotopic (exact) mass is 267 g/mol. The molecule has 0 unspecified atom stereocenters. The van der Waals surface area contributed by atoms with E-state index in [1.165, 1.54) is 0 Å². The van der Waals surface area contributed by atoms with Crippen molar-refractivity contribution in [1.29, 1.82) is 0 Å². The molecular weight excluding hydrogens is 251 g/mol. The molecule has 0 spiro atoms. The Kier molecular flexibility index (Phi) is 4.98. The third kappa shape index (κ3) is 4.54. The molecule has 0 aromatic carbocycles. The summed E-state index contributed by atoms with van der Waals surface area (Å²) in [6.45, 7) is 0.0212. The van der Waals surface area contributed by atoms with Crippen LogP contribution in [0.5, 0.6) is 0 Å². The van der Waals surface area contributed by atoms with Gasteiger partial charge in [0.25, 0.3) is 0 Å². The van der Waals surface area contributed by atoms with Gasteiger partial charge < -0.3 is 10.4 Å². The maximum absolute atomic E-state index is 12.4. The van der Waals surface area contributed by atoms with E-state index in [1.807, 2.05) is 0 Å². The lowest BCUT2D eigenvalue weighted by atomic mass is 9.81. The normalized spacial score (nSPS) is 24.6. The Labute approximate surface area is 103 Å². The fourth-order valence-electron chi connectivity index (χ4n) is 2.12. The van der Waals surface area contributed by atoms with E-state index in [4.69, 9.17) is 5.11 Å². The predicted molar refractivity (Wildman–Crippen MR) is 56.8 cm³/mol. The van der Waals surface area contributed by atoms with Crippen molar-refractivity contribution in [3.05, 3.63) is 0 Å². The summed E-state index contributed by atoms with van der Waals surface area (Å²) in [5.41, 5.74) is 0. The highest BCUT2D eigenvalue weighted by Crippen LogP contribution is 2.39. The van der Waals surface area contributed by atoms with E-state index in [2.05, 4.69) is 5.32 Å². The van der Waals surface area contributed by atoms with Gasteiger partial charge in [0, 0.05) is 12.5 Å². The van der Waals surface area contributed by atoms with E-state index in [1.54, 1.807) is 0 Å². The van der Waals surface area contributed by atoms with E-state index in [-0.39, 0.29) is 44.6 Å². The van der Waals surface area contributed by atoms with Gasteiger partial charge in [0.15, 0.2) is 0 Å². The molecule has 0 radical (unpaired) electrons. The number of rotatable bonds is 4. The molecule has 0 saturated heterocycles. The Hall–Kier alpha value is -1.27. The Morgan fingerprint density at radius 2 is 1.72 bits per heavy atom. The van der Waals surface area contributed by atoms with Gasteiger partial charge in [0.1, 0.15) is 0 Å². The number of carboxylic acid groups (broad SMARTS) is 1. The summed E-state index contributed by atoms with van der Waals surface area (Å²) >= 11 is 0. The Balaban J connectivity index is 2.30. The van der Waals surface area contributed by atoms with Crippen LogP contribution in [0.4, 0.5) is 13.2 Å². The van der Waals surface area contributed by atoms with Crippen LogP contribution in [0, 0.1) is 11.8 Å². The Bertz CT molecular complexity index is 309. The fraction of sp³-hybridized carbons (Fsp3) is 0.818. The van der Waals surface area contributed by atoms with Crippen LogP contribution in [0.15, 0.2) is 0 Å². The van der Waals surface area contributed by atoms with Gasteiger partial charge in [-0.3, -0.25) is 9.59 Å². The highest BCUT2D eigenvalue weighted by Gasteiger charge is 2.42. The standard InChI is InChI=1S/C11H16F3NO3/c12-11(13,14)8-3-1-7(2-4-8)10(18)15-6-5-9(16)17/h7-8H,1-6H2,(H,15,18)(H,16,17). The molecule has 0 bridgehead atoms. The first kappa shape index (κ1) is 14.8. The fourth-order valence-corrected chi connectivity index (χ4v) is 2.12. The van der Waals surface area contributed by atoms with Crippen LogP contribution < -0.4 is 5.32 Å². The molecule has 104 valence electrons. The van der Waals surface area contributed by atoms with Crippen LogP contribution >= 0.6 is 0 Å². The molecule has 7 heteroatoms. The van der Waals surface area contributed by atoms with Crippen molar-refractivity contribution in [2.24, 2.45) is 11.8 Å². The van der Waals surface area contributed by atoms with Gasteiger partial charge in [0.2, 0.25) is 5.91 Å². The summed E-state index contributed by atoms with van der Waals surface area (Å²) in [5.74, 6) is -3.08. The van der Waals surface area contributed by atoms with E-state index >= 15 is 0 Å². The molecule has 0 aromatic heterocycles. The highest BCUT2D eigenvalue weighted by molar-refractivity contribution is 5.79. The number of carbonyl (C=O) groups is 2. The average Bonchev–Trinajstić information content (AvgIpc) is 2.27. The molecule has 1 amide bonds.